The van der Waals surface area contributed by atoms with Crippen molar-refractivity contribution in [3.63, 3.8) is 0 Å². The highest BCUT2D eigenvalue weighted by molar-refractivity contribution is 7.98. The molecular weight excluding hydrogens is 230 g/mol. The van der Waals surface area contributed by atoms with Gasteiger partial charge in [-0.25, -0.2) is 0 Å². The van der Waals surface area contributed by atoms with Crippen LogP contribution in [0.2, 0.25) is 0 Å². The molecule has 1 N–H and O–H groups in total. The van der Waals surface area contributed by atoms with Crippen molar-refractivity contribution in [3.05, 3.63) is 17.0 Å². The van der Waals surface area contributed by atoms with Gasteiger partial charge in [-0.1, -0.05) is 0 Å². The van der Waals surface area contributed by atoms with Crippen molar-refractivity contribution >= 4 is 11.8 Å². The highest BCUT2D eigenvalue weighted by Crippen LogP contribution is 2.34. The zero-order valence-corrected chi connectivity index (χ0v) is 11.4. The summed E-state index contributed by atoms with van der Waals surface area (Å²) < 4.78 is 2.28. The molecule has 94 valence electrons. The molecule has 0 saturated carbocycles. The van der Waals surface area contributed by atoms with Gasteiger partial charge in [-0.05, 0) is 38.6 Å². The fraction of sp³-hybridized carbons (Fsp3) is 0.769. The lowest BCUT2D eigenvalue weighted by atomic mass is 9.91. The van der Waals surface area contributed by atoms with Gasteiger partial charge >= 0.3 is 0 Å². The lowest BCUT2D eigenvalue weighted by Crippen LogP contribution is -2.28. The van der Waals surface area contributed by atoms with E-state index in [1.165, 1.54) is 49.6 Å². The molecule has 4 heteroatoms. The van der Waals surface area contributed by atoms with Crippen LogP contribution in [0.3, 0.4) is 0 Å². The van der Waals surface area contributed by atoms with E-state index in [0.717, 1.165) is 12.5 Å². The van der Waals surface area contributed by atoms with Gasteiger partial charge in [-0.15, -0.1) is 0 Å². The Balaban J connectivity index is 1.97. The van der Waals surface area contributed by atoms with Crippen LogP contribution in [0, 0.1) is 0 Å². The van der Waals surface area contributed by atoms with Crippen LogP contribution in [0.5, 0.6) is 0 Å². The van der Waals surface area contributed by atoms with Crippen LogP contribution in [0.4, 0.5) is 0 Å². The smallest absolute Gasteiger partial charge is 0.0676 e. The summed E-state index contributed by atoms with van der Waals surface area (Å²) in [5.41, 5.74) is 4.53. The van der Waals surface area contributed by atoms with Crippen molar-refractivity contribution in [1.82, 2.24) is 15.1 Å². The van der Waals surface area contributed by atoms with E-state index in [4.69, 9.17) is 5.10 Å². The fourth-order valence-electron chi connectivity index (χ4n) is 3.06. The van der Waals surface area contributed by atoms with Crippen LogP contribution in [0.25, 0.3) is 0 Å². The van der Waals surface area contributed by atoms with Gasteiger partial charge < -0.3 is 5.32 Å². The number of hydrogen-bond acceptors (Lipinski definition) is 3. The van der Waals surface area contributed by atoms with E-state index in [1.54, 1.807) is 11.3 Å². The van der Waals surface area contributed by atoms with Crippen molar-refractivity contribution in [3.8, 4) is 0 Å². The topological polar surface area (TPSA) is 29.9 Å². The van der Waals surface area contributed by atoms with Gasteiger partial charge in [-0.3, -0.25) is 4.68 Å². The maximum absolute atomic E-state index is 4.83. The first-order valence-electron chi connectivity index (χ1n) is 6.77. The van der Waals surface area contributed by atoms with E-state index in [9.17, 15) is 0 Å². The predicted molar refractivity (Wildman–Crippen MR) is 72.6 cm³/mol. The quantitative estimate of drug-likeness (QED) is 0.873. The third kappa shape index (κ3) is 2.13. The molecule has 17 heavy (non-hydrogen) atoms. The Hall–Kier alpha value is -0.480. The number of aromatic nitrogens is 2. The molecule has 0 amide bonds. The molecule has 1 aromatic rings. The summed E-state index contributed by atoms with van der Waals surface area (Å²) in [6.07, 6.45) is 3.73. The molecule has 0 radical (unpaired) electrons. The summed E-state index contributed by atoms with van der Waals surface area (Å²) in [7, 11) is 0. The Kier molecular flexibility index (Phi) is 3.43. The molecule has 3 nitrogen and oxygen atoms in total. The maximum atomic E-state index is 4.83. The first kappa shape index (κ1) is 11.6. The van der Waals surface area contributed by atoms with Gasteiger partial charge in [0, 0.05) is 35.9 Å². The minimum absolute atomic E-state index is 0.742. The SMILES string of the molecule is CCn1nc2c(c1C1CCNCC1)CSCC2. The Morgan fingerprint density at radius 1 is 1.41 bits per heavy atom. The van der Waals surface area contributed by atoms with Gasteiger partial charge in [-0.2, -0.15) is 16.9 Å². The van der Waals surface area contributed by atoms with Crippen LogP contribution >= 0.6 is 11.8 Å². The zero-order valence-electron chi connectivity index (χ0n) is 10.5. The molecule has 3 heterocycles. The molecule has 1 saturated heterocycles. The summed E-state index contributed by atoms with van der Waals surface area (Å²) in [5, 5.41) is 8.29. The molecule has 2 aliphatic rings. The van der Waals surface area contributed by atoms with Crippen molar-refractivity contribution < 1.29 is 0 Å². The molecule has 0 aliphatic carbocycles. The predicted octanol–water partition coefficient (Wildman–Crippen LogP) is 2.16. The molecule has 1 fully saturated rings. The summed E-state index contributed by atoms with van der Waals surface area (Å²) in [4.78, 5) is 0. The first-order chi connectivity index (χ1) is 8.40. The molecule has 0 atom stereocenters. The molecule has 0 spiro atoms. The number of rotatable bonds is 2. The van der Waals surface area contributed by atoms with Crippen molar-refractivity contribution in [2.24, 2.45) is 0 Å². The van der Waals surface area contributed by atoms with E-state index >= 15 is 0 Å². The van der Waals surface area contributed by atoms with Gasteiger partial charge in [0.1, 0.15) is 0 Å². The lowest BCUT2D eigenvalue weighted by Gasteiger charge is -2.25. The van der Waals surface area contributed by atoms with Crippen LogP contribution in [-0.4, -0.2) is 28.6 Å². The minimum atomic E-state index is 0.742. The number of fused-ring (bicyclic) bond motifs is 1. The first-order valence-corrected chi connectivity index (χ1v) is 7.92. The maximum Gasteiger partial charge on any atom is 0.0676 e. The van der Waals surface area contributed by atoms with Crippen LogP contribution in [0.1, 0.15) is 42.6 Å². The lowest BCUT2D eigenvalue weighted by molar-refractivity contribution is 0.431. The Bertz CT molecular complexity index is 394. The van der Waals surface area contributed by atoms with E-state index in [1.807, 2.05) is 0 Å². The number of aryl methyl sites for hydroxylation is 2. The Labute approximate surface area is 107 Å². The molecule has 0 unspecified atom stereocenters. The number of piperidine rings is 1. The standard InChI is InChI=1S/C13H21N3S/c1-2-16-13(10-3-6-14-7-4-10)11-9-17-8-5-12(11)15-16/h10,14H,2-9H2,1H3. The van der Waals surface area contributed by atoms with Gasteiger partial charge in [0.05, 0.1) is 5.69 Å². The molecule has 0 bridgehead atoms. The van der Waals surface area contributed by atoms with Crippen molar-refractivity contribution in [2.45, 2.75) is 44.4 Å². The van der Waals surface area contributed by atoms with Crippen molar-refractivity contribution in [1.29, 1.82) is 0 Å². The molecule has 1 aromatic heterocycles. The van der Waals surface area contributed by atoms with E-state index in [2.05, 4.69) is 28.7 Å². The summed E-state index contributed by atoms with van der Waals surface area (Å²) >= 11 is 2.07. The van der Waals surface area contributed by atoms with Gasteiger partial charge in [0.15, 0.2) is 0 Å². The second-order valence-electron chi connectivity index (χ2n) is 4.95. The summed E-state index contributed by atoms with van der Waals surface area (Å²) in [5.74, 6) is 3.18. The number of hydrogen-bond donors (Lipinski definition) is 1. The average Bonchev–Trinajstić information content (AvgIpc) is 2.78. The summed E-state index contributed by atoms with van der Waals surface area (Å²) in [6.45, 7) is 5.58. The van der Waals surface area contributed by atoms with E-state index in [-0.39, 0.29) is 0 Å². The van der Waals surface area contributed by atoms with Crippen LogP contribution in [0.15, 0.2) is 0 Å². The molecule has 0 aromatic carbocycles. The largest absolute Gasteiger partial charge is 0.317 e. The average molecular weight is 251 g/mol. The van der Waals surface area contributed by atoms with Gasteiger partial charge in [0.25, 0.3) is 0 Å². The number of nitrogens with one attached hydrogen (secondary N) is 1. The minimum Gasteiger partial charge on any atom is -0.317 e. The highest BCUT2D eigenvalue weighted by atomic mass is 32.2. The van der Waals surface area contributed by atoms with Crippen LogP contribution in [-0.2, 0) is 18.7 Å². The Morgan fingerprint density at radius 2 is 2.24 bits per heavy atom. The number of thioether (sulfide) groups is 1. The molecule has 2 aliphatic heterocycles. The summed E-state index contributed by atoms with van der Waals surface area (Å²) in [6, 6.07) is 0. The highest BCUT2D eigenvalue weighted by Gasteiger charge is 2.26. The monoisotopic (exact) mass is 251 g/mol. The zero-order chi connectivity index (χ0) is 11.7. The number of nitrogens with zero attached hydrogens (tertiary/aromatic N) is 2. The van der Waals surface area contributed by atoms with Crippen molar-refractivity contribution in [2.75, 3.05) is 18.8 Å². The fourth-order valence-corrected chi connectivity index (χ4v) is 4.06. The third-order valence-corrected chi connectivity index (χ3v) is 4.92. The van der Waals surface area contributed by atoms with E-state index in [0.29, 0.717) is 0 Å². The second-order valence-corrected chi connectivity index (χ2v) is 6.06. The second kappa shape index (κ2) is 5.02. The molecule has 3 rings (SSSR count). The van der Waals surface area contributed by atoms with Gasteiger partial charge in [0.2, 0.25) is 0 Å². The normalized spacial score (nSPS) is 21.5. The third-order valence-electron chi connectivity index (χ3n) is 3.93. The van der Waals surface area contributed by atoms with Crippen LogP contribution < -0.4 is 5.32 Å². The van der Waals surface area contributed by atoms with E-state index < -0.39 is 0 Å². The molecular formula is C13H21N3S. The Morgan fingerprint density at radius 3 is 3.00 bits per heavy atom.